The smallest absolute Gasteiger partial charge is 0.279 e. The Morgan fingerprint density at radius 1 is 1.32 bits per heavy atom. The summed E-state index contributed by atoms with van der Waals surface area (Å²) in [5.74, 6) is 0.256. The van der Waals surface area contributed by atoms with Gasteiger partial charge in [0.05, 0.1) is 12.3 Å². The van der Waals surface area contributed by atoms with Crippen molar-refractivity contribution in [3.63, 3.8) is 0 Å². The Morgan fingerprint density at radius 2 is 2.16 bits per heavy atom. The third-order valence-corrected chi connectivity index (χ3v) is 5.93. The molecule has 0 spiro atoms. The number of hydrogen-bond donors (Lipinski definition) is 1. The number of piperidine rings is 1. The van der Waals surface area contributed by atoms with Crippen molar-refractivity contribution in [2.45, 2.75) is 19.4 Å². The first-order valence-corrected chi connectivity index (χ1v) is 9.86. The monoisotopic (exact) mass is 364 g/mol. The van der Waals surface area contributed by atoms with Gasteiger partial charge in [-0.2, -0.15) is 22.5 Å². The van der Waals surface area contributed by atoms with Crippen molar-refractivity contribution in [1.82, 2.24) is 18.8 Å². The summed E-state index contributed by atoms with van der Waals surface area (Å²) in [5.41, 5.74) is 1.74. The van der Waals surface area contributed by atoms with Crippen LogP contribution in [0.25, 0.3) is 5.69 Å². The van der Waals surface area contributed by atoms with Gasteiger partial charge in [-0.1, -0.05) is 18.2 Å². The summed E-state index contributed by atoms with van der Waals surface area (Å²) in [4.78, 5) is 0. The molecule has 3 rings (SSSR count). The first kappa shape index (κ1) is 18.1. The molecule has 1 unspecified atom stereocenters. The number of aromatic nitrogens is 2. The molecule has 1 atom stereocenters. The second kappa shape index (κ2) is 8.09. The Hall–Kier alpha value is -1.74. The Kier molecular flexibility index (Phi) is 5.85. The lowest BCUT2D eigenvalue weighted by atomic mass is 10.0. The number of benzene rings is 1. The quantitative estimate of drug-likeness (QED) is 0.809. The van der Waals surface area contributed by atoms with E-state index < -0.39 is 10.2 Å². The van der Waals surface area contributed by atoms with E-state index in [4.69, 9.17) is 4.74 Å². The van der Waals surface area contributed by atoms with Crippen LogP contribution < -0.4 is 4.72 Å². The lowest BCUT2D eigenvalue weighted by Crippen LogP contribution is -2.46. The van der Waals surface area contributed by atoms with E-state index in [1.807, 2.05) is 36.5 Å². The van der Waals surface area contributed by atoms with Gasteiger partial charge in [-0.3, -0.25) is 0 Å². The summed E-state index contributed by atoms with van der Waals surface area (Å²) in [6, 6.07) is 9.47. The van der Waals surface area contributed by atoms with E-state index >= 15 is 0 Å². The average molecular weight is 364 g/mol. The molecule has 2 heterocycles. The molecule has 8 heteroatoms. The molecule has 0 radical (unpaired) electrons. The number of nitrogens with one attached hydrogen (secondary N) is 1. The van der Waals surface area contributed by atoms with Crippen molar-refractivity contribution in [1.29, 1.82) is 0 Å². The molecule has 136 valence electrons. The summed E-state index contributed by atoms with van der Waals surface area (Å²) in [6.07, 6.45) is 5.40. The highest BCUT2D eigenvalue weighted by molar-refractivity contribution is 7.87. The van der Waals surface area contributed by atoms with E-state index in [1.165, 1.54) is 4.31 Å². The topological polar surface area (TPSA) is 76.5 Å². The van der Waals surface area contributed by atoms with E-state index in [9.17, 15) is 8.42 Å². The molecular weight excluding hydrogens is 340 g/mol. The Labute approximate surface area is 148 Å². The second-order valence-electron chi connectivity index (χ2n) is 6.23. The van der Waals surface area contributed by atoms with Crippen LogP contribution >= 0.6 is 0 Å². The zero-order valence-corrected chi connectivity index (χ0v) is 15.2. The minimum Gasteiger partial charge on any atom is -0.384 e. The van der Waals surface area contributed by atoms with Crippen molar-refractivity contribution in [3.8, 4) is 5.69 Å². The van der Waals surface area contributed by atoms with Crippen LogP contribution in [0, 0.1) is 5.92 Å². The molecule has 1 aliphatic rings. The Balaban J connectivity index is 1.69. The van der Waals surface area contributed by atoms with Gasteiger partial charge in [0.15, 0.2) is 0 Å². The first-order valence-electron chi connectivity index (χ1n) is 8.42. The van der Waals surface area contributed by atoms with Crippen LogP contribution in [0.2, 0.25) is 0 Å². The fourth-order valence-corrected chi connectivity index (χ4v) is 4.47. The molecule has 0 aliphatic carbocycles. The summed E-state index contributed by atoms with van der Waals surface area (Å²) < 4.78 is 36.5. The van der Waals surface area contributed by atoms with Crippen LogP contribution in [0.15, 0.2) is 42.7 Å². The molecule has 1 fully saturated rings. The maximum absolute atomic E-state index is 12.7. The molecule has 1 N–H and O–H groups in total. The predicted octanol–water partition coefficient (Wildman–Crippen LogP) is 1.57. The van der Waals surface area contributed by atoms with Crippen molar-refractivity contribution in [2.24, 2.45) is 5.92 Å². The van der Waals surface area contributed by atoms with Crippen LogP contribution in [0.3, 0.4) is 0 Å². The van der Waals surface area contributed by atoms with Gasteiger partial charge in [0, 0.05) is 39.1 Å². The third kappa shape index (κ3) is 4.46. The van der Waals surface area contributed by atoms with Gasteiger partial charge in [0.2, 0.25) is 0 Å². The van der Waals surface area contributed by atoms with Gasteiger partial charge >= 0.3 is 0 Å². The number of para-hydroxylation sites is 1. The minimum atomic E-state index is -3.52. The van der Waals surface area contributed by atoms with Gasteiger partial charge in [-0.25, -0.2) is 4.68 Å². The van der Waals surface area contributed by atoms with Gasteiger partial charge in [0.25, 0.3) is 10.2 Å². The van der Waals surface area contributed by atoms with Gasteiger partial charge in [-0.15, -0.1) is 0 Å². The highest BCUT2D eigenvalue weighted by Crippen LogP contribution is 2.19. The summed E-state index contributed by atoms with van der Waals surface area (Å²) in [5, 5.41) is 4.23. The summed E-state index contributed by atoms with van der Waals surface area (Å²) in [6.45, 7) is 1.87. The van der Waals surface area contributed by atoms with E-state index in [0.29, 0.717) is 19.7 Å². The average Bonchev–Trinajstić information content (AvgIpc) is 3.15. The van der Waals surface area contributed by atoms with E-state index in [1.54, 1.807) is 18.0 Å². The molecular formula is C17H24N4O3S. The van der Waals surface area contributed by atoms with Crippen LogP contribution in [0.4, 0.5) is 0 Å². The minimum absolute atomic E-state index is 0.226. The fourth-order valence-electron chi connectivity index (χ4n) is 3.17. The largest absolute Gasteiger partial charge is 0.384 e. The molecule has 0 bridgehead atoms. The molecule has 1 aliphatic heterocycles. The molecule has 0 saturated carbocycles. The Morgan fingerprint density at radius 3 is 2.92 bits per heavy atom. The molecule has 25 heavy (non-hydrogen) atoms. The number of methoxy groups -OCH3 is 1. The van der Waals surface area contributed by atoms with Crippen LogP contribution in [-0.2, 0) is 21.5 Å². The molecule has 1 saturated heterocycles. The van der Waals surface area contributed by atoms with Gasteiger partial charge < -0.3 is 4.74 Å². The van der Waals surface area contributed by atoms with Crippen LogP contribution in [0.1, 0.15) is 18.4 Å². The van der Waals surface area contributed by atoms with E-state index in [-0.39, 0.29) is 12.5 Å². The van der Waals surface area contributed by atoms with E-state index in [0.717, 1.165) is 24.1 Å². The fraction of sp³-hybridized carbons (Fsp3) is 0.471. The summed E-state index contributed by atoms with van der Waals surface area (Å²) in [7, 11) is -1.87. The lowest BCUT2D eigenvalue weighted by molar-refractivity contribution is 0.118. The molecule has 7 nitrogen and oxygen atoms in total. The molecule has 2 aromatic rings. The van der Waals surface area contributed by atoms with Crippen molar-refractivity contribution in [2.75, 3.05) is 26.8 Å². The lowest BCUT2D eigenvalue weighted by Gasteiger charge is -2.31. The maximum Gasteiger partial charge on any atom is 0.279 e. The van der Waals surface area contributed by atoms with Crippen molar-refractivity contribution in [3.05, 3.63) is 48.3 Å². The van der Waals surface area contributed by atoms with Crippen molar-refractivity contribution < 1.29 is 13.2 Å². The normalized spacial score (nSPS) is 19.2. The number of hydrogen-bond acceptors (Lipinski definition) is 4. The maximum atomic E-state index is 12.7. The zero-order chi connectivity index (χ0) is 17.7. The third-order valence-electron chi connectivity index (χ3n) is 4.41. The number of rotatable bonds is 7. The number of ether oxygens (including phenoxy) is 1. The first-order chi connectivity index (χ1) is 12.1. The zero-order valence-electron chi connectivity index (χ0n) is 14.3. The second-order valence-corrected chi connectivity index (χ2v) is 7.98. The highest BCUT2D eigenvalue weighted by atomic mass is 32.2. The van der Waals surface area contributed by atoms with E-state index in [2.05, 4.69) is 9.82 Å². The molecule has 1 aromatic heterocycles. The Bertz CT molecular complexity index is 775. The highest BCUT2D eigenvalue weighted by Gasteiger charge is 2.28. The summed E-state index contributed by atoms with van der Waals surface area (Å²) >= 11 is 0. The standard InChI is InChI=1S/C17H24N4O3S/c1-24-14-15-6-4-10-20(13-15)25(22,23)19-12-16-7-2-3-8-17(16)21-11-5-9-18-21/h2-3,5,7-9,11,15,19H,4,6,10,12-14H2,1H3. The van der Waals surface area contributed by atoms with Gasteiger partial charge in [-0.05, 0) is 36.5 Å². The van der Waals surface area contributed by atoms with Crippen molar-refractivity contribution >= 4 is 10.2 Å². The van der Waals surface area contributed by atoms with Crippen LogP contribution in [0.5, 0.6) is 0 Å². The molecule has 1 aromatic carbocycles. The van der Waals surface area contributed by atoms with Crippen LogP contribution in [-0.4, -0.2) is 49.3 Å². The predicted molar refractivity (Wildman–Crippen MR) is 95.5 cm³/mol. The SMILES string of the molecule is COCC1CCCN(S(=O)(=O)NCc2ccccc2-n2cccn2)C1. The molecule has 0 amide bonds. The van der Waals surface area contributed by atoms with Gasteiger partial charge in [0.1, 0.15) is 0 Å². The number of nitrogens with zero attached hydrogens (tertiary/aromatic N) is 3.